The Bertz CT molecular complexity index is 820. The predicted molar refractivity (Wildman–Crippen MR) is 88.9 cm³/mol. The minimum Gasteiger partial charge on any atom is -0.369 e. The lowest BCUT2D eigenvalue weighted by atomic mass is 10.1. The van der Waals surface area contributed by atoms with Crippen LogP contribution < -0.4 is 5.73 Å². The second kappa shape index (κ2) is 4.87. The van der Waals surface area contributed by atoms with Crippen LogP contribution in [0.2, 0.25) is 0 Å². The Morgan fingerprint density at radius 3 is 2.38 bits per heavy atom. The maximum absolute atomic E-state index is 6.16. The van der Waals surface area contributed by atoms with Gasteiger partial charge in [0.05, 0.1) is 11.4 Å². The maximum Gasteiger partial charge on any atom is 0.207 e. The Kier molecular flexibility index (Phi) is 3.28. The zero-order valence-corrected chi connectivity index (χ0v) is 14.2. The summed E-state index contributed by atoms with van der Waals surface area (Å²) in [5.74, 6) is 0.494. The lowest BCUT2D eigenvalue weighted by Crippen LogP contribution is -2.07. The molecule has 0 radical (unpaired) electrons. The monoisotopic (exact) mass is 347 g/mol. The molecule has 0 amide bonds. The number of fused-ring (bicyclic) bond motifs is 1. The van der Waals surface area contributed by atoms with Gasteiger partial charge >= 0.3 is 0 Å². The molecule has 0 saturated carbocycles. The number of rotatable bonds is 2. The fraction of sp³-hybridized carbons (Fsp3) is 0.333. The van der Waals surface area contributed by atoms with Gasteiger partial charge in [-0.3, -0.25) is 4.57 Å². The SMILES string of the molecule is CCn1nc(C)c2nc(N)n(-c3cc(C)c(Br)c(C)c3)c21. The van der Waals surface area contributed by atoms with Crippen LogP contribution in [0, 0.1) is 20.8 Å². The predicted octanol–water partition coefficient (Wildman–Crippen LogP) is 3.51. The second-order valence-electron chi connectivity index (χ2n) is 5.27. The lowest BCUT2D eigenvalue weighted by molar-refractivity contribution is 0.663. The Morgan fingerprint density at radius 2 is 1.81 bits per heavy atom. The minimum atomic E-state index is 0.494. The van der Waals surface area contributed by atoms with E-state index in [1.165, 1.54) is 11.1 Å². The van der Waals surface area contributed by atoms with Crippen LogP contribution in [0.1, 0.15) is 23.7 Å². The summed E-state index contributed by atoms with van der Waals surface area (Å²) in [5.41, 5.74) is 12.2. The van der Waals surface area contributed by atoms with Crippen LogP contribution in [-0.4, -0.2) is 19.3 Å². The van der Waals surface area contributed by atoms with Crippen LogP contribution in [0.3, 0.4) is 0 Å². The molecule has 110 valence electrons. The molecular weight excluding hydrogens is 330 g/mol. The topological polar surface area (TPSA) is 61.7 Å². The number of halogens is 1. The van der Waals surface area contributed by atoms with Gasteiger partial charge in [0.1, 0.15) is 5.52 Å². The highest BCUT2D eigenvalue weighted by Gasteiger charge is 2.18. The molecule has 0 aliphatic rings. The number of imidazole rings is 1. The van der Waals surface area contributed by atoms with E-state index in [4.69, 9.17) is 5.73 Å². The van der Waals surface area contributed by atoms with Gasteiger partial charge in [0.25, 0.3) is 0 Å². The Balaban J connectivity index is 2.37. The van der Waals surface area contributed by atoms with E-state index in [-0.39, 0.29) is 0 Å². The van der Waals surface area contributed by atoms with Crippen molar-refractivity contribution in [3.63, 3.8) is 0 Å². The van der Waals surface area contributed by atoms with E-state index in [0.717, 1.165) is 33.6 Å². The van der Waals surface area contributed by atoms with E-state index in [2.05, 4.69) is 58.9 Å². The number of nitrogens with zero attached hydrogens (tertiary/aromatic N) is 4. The summed E-state index contributed by atoms with van der Waals surface area (Å²) in [7, 11) is 0. The van der Waals surface area contributed by atoms with Gasteiger partial charge in [-0.15, -0.1) is 0 Å². The quantitative estimate of drug-likeness (QED) is 0.771. The number of hydrogen-bond acceptors (Lipinski definition) is 3. The number of nitrogens with two attached hydrogens (primary N) is 1. The van der Waals surface area contributed by atoms with Gasteiger partial charge in [0.2, 0.25) is 5.95 Å². The van der Waals surface area contributed by atoms with Gasteiger partial charge in [-0.05, 0) is 51.0 Å². The van der Waals surface area contributed by atoms with Gasteiger partial charge < -0.3 is 5.73 Å². The number of aryl methyl sites for hydroxylation is 4. The molecule has 0 bridgehead atoms. The van der Waals surface area contributed by atoms with E-state index in [0.29, 0.717) is 5.95 Å². The average molecular weight is 348 g/mol. The number of aromatic nitrogens is 4. The van der Waals surface area contributed by atoms with E-state index >= 15 is 0 Å². The largest absolute Gasteiger partial charge is 0.369 e. The summed E-state index contributed by atoms with van der Waals surface area (Å²) >= 11 is 3.60. The van der Waals surface area contributed by atoms with Gasteiger partial charge in [0, 0.05) is 11.0 Å². The highest BCUT2D eigenvalue weighted by atomic mass is 79.9. The van der Waals surface area contributed by atoms with E-state index in [1.807, 2.05) is 16.2 Å². The first-order valence-corrected chi connectivity index (χ1v) is 7.71. The fourth-order valence-corrected chi connectivity index (χ4v) is 2.94. The van der Waals surface area contributed by atoms with Crippen molar-refractivity contribution in [2.75, 3.05) is 5.73 Å². The van der Waals surface area contributed by atoms with Crippen LogP contribution >= 0.6 is 15.9 Å². The summed E-state index contributed by atoms with van der Waals surface area (Å²) < 4.78 is 5.05. The third kappa shape index (κ3) is 2.05. The highest BCUT2D eigenvalue weighted by molar-refractivity contribution is 9.10. The van der Waals surface area contributed by atoms with Crippen molar-refractivity contribution in [2.24, 2.45) is 0 Å². The Morgan fingerprint density at radius 1 is 1.19 bits per heavy atom. The van der Waals surface area contributed by atoms with Gasteiger partial charge in [-0.1, -0.05) is 15.9 Å². The molecule has 0 fully saturated rings. The first-order chi connectivity index (χ1) is 9.93. The first kappa shape index (κ1) is 14.1. The standard InChI is InChI=1S/C15H18BrN5/c1-5-20-14-13(10(4)19-20)18-15(17)21(14)11-6-8(2)12(16)9(3)7-11/h6-7H,5H2,1-4H3,(H2,17,18). The lowest BCUT2D eigenvalue weighted by Gasteiger charge is -2.11. The number of nitrogen functional groups attached to an aromatic ring is 1. The van der Waals surface area contributed by atoms with Crippen LogP contribution in [0.15, 0.2) is 16.6 Å². The summed E-state index contributed by atoms with van der Waals surface area (Å²) in [4.78, 5) is 4.49. The van der Waals surface area contributed by atoms with Crippen molar-refractivity contribution in [3.05, 3.63) is 33.4 Å². The number of hydrogen-bond donors (Lipinski definition) is 1. The van der Waals surface area contributed by atoms with E-state index in [9.17, 15) is 0 Å². The molecule has 1 aromatic carbocycles. The summed E-state index contributed by atoms with van der Waals surface area (Å²) in [6.07, 6.45) is 0. The van der Waals surface area contributed by atoms with Crippen LogP contribution in [0.5, 0.6) is 0 Å². The molecule has 0 unspecified atom stereocenters. The molecule has 0 aliphatic heterocycles. The molecule has 3 rings (SSSR count). The smallest absolute Gasteiger partial charge is 0.207 e. The molecule has 3 aromatic rings. The zero-order valence-electron chi connectivity index (χ0n) is 12.6. The number of benzene rings is 1. The molecule has 2 aromatic heterocycles. The zero-order chi connectivity index (χ0) is 15.3. The third-order valence-corrected chi connectivity index (χ3v) is 4.97. The normalized spacial score (nSPS) is 11.5. The molecule has 5 nitrogen and oxygen atoms in total. The molecule has 2 N–H and O–H groups in total. The first-order valence-electron chi connectivity index (χ1n) is 6.92. The molecular formula is C15H18BrN5. The average Bonchev–Trinajstić information content (AvgIpc) is 2.92. The second-order valence-corrected chi connectivity index (χ2v) is 6.07. The molecule has 0 aliphatic carbocycles. The molecule has 21 heavy (non-hydrogen) atoms. The summed E-state index contributed by atoms with van der Waals surface area (Å²) in [6, 6.07) is 4.22. The summed E-state index contributed by atoms with van der Waals surface area (Å²) in [6.45, 7) is 8.96. The molecule has 0 saturated heterocycles. The van der Waals surface area contributed by atoms with Crippen molar-refractivity contribution in [1.82, 2.24) is 19.3 Å². The van der Waals surface area contributed by atoms with Gasteiger partial charge in [-0.25, -0.2) is 9.67 Å². The number of anilines is 1. The Hall–Kier alpha value is -1.82. The highest BCUT2D eigenvalue weighted by Crippen LogP contribution is 2.29. The van der Waals surface area contributed by atoms with Crippen molar-refractivity contribution in [1.29, 1.82) is 0 Å². The maximum atomic E-state index is 6.16. The minimum absolute atomic E-state index is 0.494. The van der Waals surface area contributed by atoms with E-state index < -0.39 is 0 Å². The molecule has 2 heterocycles. The van der Waals surface area contributed by atoms with Crippen molar-refractivity contribution in [3.8, 4) is 5.69 Å². The van der Waals surface area contributed by atoms with Gasteiger partial charge in [0.15, 0.2) is 5.65 Å². The fourth-order valence-electron chi connectivity index (χ4n) is 2.71. The van der Waals surface area contributed by atoms with Crippen LogP contribution in [-0.2, 0) is 6.54 Å². The molecule has 0 atom stereocenters. The van der Waals surface area contributed by atoms with E-state index in [1.54, 1.807) is 0 Å². The van der Waals surface area contributed by atoms with Crippen LogP contribution in [0.4, 0.5) is 5.95 Å². The van der Waals surface area contributed by atoms with Gasteiger partial charge in [-0.2, -0.15) is 5.10 Å². The van der Waals surface area contributed by atoms with Crippen molar-refractivity contribution in [2.45, 2.75) is 34.2 Å². The Labute approximate surface area is 131 Å². The third-order valence-electron chi connectivity index (χ3n) is 3.72. The molecule has 0 spiro atoms. The van der Waals surface area contributed by atoms with Crippen molar-refractivity contribution < 1.29 is 0 Å². The van der Waals surface area contributed by atoms with Crippen molar-refractivity contribution >= 4 is 33.0 Å². The molecule has 6 heteroatoms. The summed E-state index contributed by atoms with van der Waals surface area (Å²) in [5, 5.41) is 4.53. The van der Waals surface area contributed by atoms with Crippen LogP contribution in [0.25, 0.3) is 16.9 Å².